The topological polar surface area (TPSA) is 80.8 Å². The molecule has 24 heavy (non-hydrogen) atoms. The second-order valence-corrected chi connectivity index (χ2v) is 7.68. The summed E-state index contributed by atoms with van der Waals surface area (Å²) in [6, 6.07) is 10.7. The number of ketones is 1. The SMILES string of the molecule is COC(=O)C1C(=O)c2ccccc2S(=O)(=O)N1c1ccccc1Br. The summed E-state index contributed by atoms with van der Waals surface area (Å²) in [6.45, 7) is 0. The minimum atomic E-state index is -4.11. The van der Waals surface area contributed by atoms with Crippen LogP contribution >= 0.6 is 15.9 Å². The van der Waals surface area contributed by atoms with E-state index in [1.165, 1.54) is 24.3 Å². The zero-order valence-electron chi connectivity index (χ0n) is 12.5. The summed E-state index contributed by atoms with van der Waals surface area (Å²) in [4.78, 5) is 24.8. The molecule has 0 aliphatic carbocycles. The molecule has 0 saturated heterocycles. The number of fused-ring (bicyclic) bond motifs is 1. The third-order valence-electron chi connectivity index (χ3n) is 3.69. The zero-order chi connectivity index (χ0) is 17.5. The number of para-hydroxylation sites is 1. The van der Waals surface area contributed by atoms with Gasteiger partial charge in [0.15, 0.2) is 5.78 Å². The lowest BCUT2D eigenvalue weighted by Gasteiger charge is -2.35. The van der Waals surface area contributed by atoms with Crippen molar-refractivity contribution in [1.29, 1.82) is 0 Å². The van der Waals surface area contributed by atoms with Crippen molar-refractivity contribution in [2.75, 3.05) is 11.4 Å². The predicted molar refractivity (Wildman–Crippen MR) is 90.4 cm³/mol. The Morgan fingerprint density at radius 2 is 1.75 bits per heavy atom. The molecule has 1 unspecified atom stereocenters. The lowest BCUT2D eigenvalue weighted by Crippen LogP contribution is -2.54. The fourth-order valence-electron chi connectivity index (χ4n) is 2.61. The second-order valence-electron chi connectivity index (χ2n) is 5.04. The average Bonchev–Trinajstić information content (AvgIpc) is 2.58. The normalized spacial score (nSPS) is 18.8. The van der Waals surface area contributed by atoms with Gasteiger partial charge in [0.25, 0.3) is 10.0 Å². The van der Waals surface area contributed by atoms with Gasteiger partial charge in [-0.05, 0) is 40.2 Å². The smallest absolute Gasteiger partial charge is 0.337 e. The average molecular weight is 410 g/mol. The van der Waals surface area contributed by atoms with E-state index in [0.29, 0.717) is 4.47 Å². The number of carbonyl (C=O) groups excluding carboxylic acids is 2. The van der Waals surface area contributed by atoms with Crippen LogP contribution in [0.15, 0.2) is 57.9 Å². The Balaban J connectivity index is 2.34. The first kappa shape index (κ1) is 16.7. The first-order valence-electron chi connectivity index (χ1n) is 6.89. The lowest BCUT2D eigenvalue weighted by atomic mass is 10.0. The van der Waals surface area contributed by atoms with Crippen LogP contribution in [-0.2, 0) is 19.6 Å². The van der Waals surface area contributed by atoms with E-state index in [2.05, 4.69) is 20.7 Å². The predicted octanol–water partition coefficient (Wildman–Crippen LogP) is 2.38. The van der Waals surface area contributed by atoms with E-state index >= 15 is 0 Å². The van der Waals surface area contributed by atoms with Gasteiger partial charge in [-0.15, -0.1) is 0 Å². The molecular formula is C16H12BrNO5S. The number of ether oxygens (including phenoxy) is 1. The number of Topliss-reactive ketones (excluding diaryl/α,β-unsaturated/α-hetero) is 1. The molecule has 1 atom stereocenters. The lowest BCUT2D eigenvalue weighted by molar-refractivity contribution is -0.140. The molecule has 1 heterocycles. The number of rotatable bonds is 2. The molecule has 1 aliphatic rings. The number of halogens is 1. The molecule has 0 saturated carbocycles. The number of methoxy groups -OCH3 is 1. The Kier molecular flexibility index (Phi) is 4.18. The van der Waals surface area contributed by atoms with E-state index in [0.717, 1.165) is 11.4 Å². The number of benzene rings is 2. The van der Waals surface area contributed by atoms with Crippen molar-refractivity contribution < 1.29 is 22.7 Å². The Bertz CT molecular complexity index is 941. The van der Waals surface area contributed by atoms with Gasteiger partial charge in [0.2, 0.25) is 6.04 Å². The molecule has 0 N–H and O–H groups in total. The fourth-order valence-corrected chi connectivity index (χ4v) is 4.99. The molecule has 8 heteroatoms. The van der Waals surface area contributed by atoms with Crippen LogP contribution in [-0.4, -0.2) is 33.3 Å². The zero-order valence-corrected chi connectivity index (χ0v) is 14.9. The molecule has 6 nitrogen and oxygen atoms in total. The maximum Gasteiger partial charge on any atom is 0.337 e. The number of nitrogens with zero attached hydrogens (tertiary/aromatic N) is 1. The summed E-state index contributed by atoms with van der Waals surface area (Å²) >= 11 is 3.27. The Hall–Kier alpha value is -2.19. The van der Waals surface area contributed by atoms with Gasteiger partial charge in [-0.3, -0.25) is 4.79 Å². The van der Waals surface area contributed by atoms with Crippen LogP contribution in [0.1, 0.15) is 10.4 Å². The summed E-state index contributed by atoms with van der Waals surface area (Å²) in [5.74, 6) is -1.56. The van der Waals surface area contributed by atoms with Crippen molar-refractivity contribution in [2.45, 2.75) is 10.9 Å². The van der Waals surface area contributed by atoms with Crippen molar-refractivity contribution >= 4 is 43.4 Å². The van der Waals surface area contributed by atoms with Crippen molar-refractivity contribution in [1.82, 2.24) is 0 Å². The standard InChI is InChI=1S/C16H12BrNO5S/c1-23-16(20)14-15(19)10-6-2-5-9-13(10)24(21,22)18(14)12-8-4-3-7-11(12)17/h2-9,14H,1H3. The molecule has 0 aromatic heterocycles. The van der Waals surface area contributed by atoms with Gasteiger partial charge in [-0.1, -0.05) is 24.3 Å². The molecule has 1 aliphatic heterocycles. The molecule has 0 fully saturated rings. The second kappa shape index (κ2) is 6.03. The van der Waals surface area contributed by atoms with Crippen molar-refractivity contribution in [3.63, 3.8) is 0 Å². The maximum absolute atomic E-state index is 13.1. The van der Waals surface area contributed by atoms with Gasteiger partial charge >= 0.3 is 5.97 Å². The van der Waals surface area contributed by atoms with Crippen LogP contribution in [0, 0.1) is 0 Å². The molecule has 2 aromatic carbocycles. The molecule has 0 bridgehead atoms. The number of carbonyl (C=O) groups is 2. The van der Waals surface area contributed by atoms with Gasteiger partial charge < -0.3 is 4.74 Å². The highest BCUT2D eigenvalue weighted by atomic mass is 79.9. The fraction of sp³-hybridized carbons (Fsp3) is 0.125. The van der Waals surface area contributed by atoms with Crippen LogP contribution in [0.25, 0.3) is 0 Å². The van der Waals surface area contributed by atoms with Gasteiger partial charge in [0.05, 0.1) is 17.7 Å². The van der Waals surface area contributed by atoms with Crippen LogP contribution in [0.4, 0.5) is 5.69 Å². The minimum absolute atomic E-state index is 0.0174. The monoisotopic (exact) mass is 409 g/mol. The van der Waals surface area contributed by atoms with Crippen molar-refractivity contribution in [2.24, 2.45) is 0 Å². The van der Waals surface area contributed by atoms with Crippen LogP contribution in [0.2, 0.25) is 0 Å². The van der Waals surface area contributed by atoms with E-state index in [9.17, 15) is 18.0 Å². The van der Waals surface area contributed by atoms with Crippen molar-refractivity contribution in [3.8, 4) is 0 Å². The summed E-state index contributed by atoms with van der Waals surface area (Å²) in [5.41, 5.74) is 0.173. The highest BCUT2D eigenvalue weighted by molar-refractivity contribution is 9.10. The molecule has 124 valence electrons. The van der Waals surface area contributed by atoms with Gasteiger partial charge in [0.1, 0.15) is 0 Å². The van der Waals surface area contributed by atoms with Crippen molar-refractivity contribution in [3.05, 3.63) is 58.6 Å². The maximum atomic E-state index is 13.1. The number of hydrogen-bond donors (Lipinski definition) is 0. The highest BCUT2D eigenvalue weighted by Gasteiger charge is 2.48. The van der Waals surface area contributed by atoms with Crippen LogP contribution in [0.3, 0.4) is 0 Å². The molecule has 0 spiro atoms. The van der Waals surface area contributed by atoms with E-state index < -0.39 is 27.8 Å². The minimum Gasteiger partial charge on any atom is -0.467 e. The van der Waals surface area contributed by atoms with E-state index in [1.54, 1.807) is 24.3 Å². The molecule has 0 amide bonds. The molecule has 0 radical (unpaired) electrons. The number of esters is 1. The van der Waals surface area contributed by atoms with Gasteiger partial charge in [-0.2, -0.15) is 0 Å². The molecular weight excluding hydrogens is 398 g/mol. The number of sulfonamides is 1. The Labute approximate surface area is 147 Å². The van der Waals surface area contributed by atoms with E-state index in [1.807, 2.05) is 0 Å². The largest absolute Gasteiger partial charge is 0.467 e. The number of anilines is 1. The molecule has 3 rings (SSSR count). The summed E-state index contributed by atoms with van der Waals surface area (Å²) in [5, 5.41) is 0. The van der Waals surface area contributed by atoms with Crippen LogP contribution < -0.4 is 4.31 Å². The summed E-state index contributed by atoms with van der Waals surface area (Å²) in [6.07, 6.45) is 0. The molecule has 2 aromatic rings. The third-order valence-corrected chi connectivity index (χ3v) is 6.19. The van der Waals surface area contributed by atoms with Gasteiger partial charge in [-0.25, -0.2) is 17.5 Å². The summed E-state index contributed by atoms with van der Waals surface area (Å²) < 4.78 is 32.1. The van der Waals surface area contributed by atoms with Crippen LogP contribution in [0.5, 0.6) is 0 Å². The van der Waals surface area contributed by atoms with Gasteiger partial charge in [0, 0.05) is 10.0 Å². The first-order chi connectivity index (χ1) is 11.4. The highest BCUT2D eigenvalue weighted by Crippen LogP contribution is 2.38. The number of hydrogen-bond acceptors (Lipinski definition) is 5. The Morgan fingerprint density at radius 3 is 2.42 bits per heavy atom. The quantitative estimate of drug-likeness (QED) is 0.561. The third kappa shape index (κ3) is 2.42. The first-order valence-corrected chi connectivity index (χ1v) is 9.13. The van der Waals surface area contributed by atoms with E-state index in [4.69, 9.17) is 0 Å². The van der Waals surface area contributed by atoms with E-state index in [-0.39, 0.29) is 16.1 Å². The summed E-state index contributed by atoms with van der Waals surface area (Å²) in [7, 11) is -3.00. The Morgan fingerprint density at radius 1 is 1.12 bits per heavy atom.